The summed E-state index contributed by atoms with van der Waals surface area (Å²) in [5, 5.41) is 5.76. The molecule has 1 atom stereocenters. The molecule has 0 aliphatic heterocycles. The normalized spacial score (nSPS) is 12.9. The maximum atomic E-state index is 12.4. The molecule has 1 aromatic carbocycles. The molecule has 0 aliphatic rings. The summed E-state index contributed by atoms with van der Waals surface area (Å²) in [6.45, 7) is 6.84. The van der Waals surface area contributed by atoms with Crippen molar-refractivity contribution in [3.63, 3.8) is 0 Å². The van der Waals surface area contributed by atoms with E-state index in [1.54, 1.807) is 5.38 Å². The number of carbonyl (C=O) groups is 1. The Morgan fingerprint density at radius 2 is 2.05 bits per heavy atom. The zero-order chi connectivity index (χ0) is 16.2. The van der Waals surface area contributed by atoms with Gasteiger partial charge in [0.25, 0.3) is 5.91 Å². The summed E-state index contributed by atoms with van der Waals surface area (Å²) in [7, 11) is 0. The fourth-order valence-electron chi connectivity index (χ4n) is 2.22. The summed E-state index contributed by atoms with van der Waals surface area (Å²) in [6, 6.07) is 10.2. The smallest absolute Gasteiger partial charge is 0.270 e. The molecule has 3 N–H and O–H groups in total. The quantitative estimate of drug-likeness (QED) is 0.861. The van der Waals surface area contributed by atoms with Crippen LogP contribution in [0.1, 0.15) is 41.8 Å². The number of carbonyl (C=O) groups excluding carboxylic acids is 1. The second kappa shape index (κ2) is 7.03. The minimum Gasteiger partial charge on any atom is -0.347 e. The van der Waals surface area contributed by atoms with Gasteiger partial charge in [-0.1, -0.05) is 44.2 Å². The average Bonchev–Trinajstić information content (AvgIpc) is 2.97. The molecule has 5 heteroatoms. The third-order valence-electron chi connectivity index (χ3n) is 4.09. The zero-order valence-electron chi connectivity index (χ0n) is 13.3. The van der Waals surface area contributed by atoms with E-state index in [1.165, 1.54) is 16.9 Å². The molecule has 1 amide bonds. The number of amides is 1. The standard InChI is InChI=1S/C17H23N3OS/c1-12(17(2,3)13-7-5-4-6-8-13)19-16(21)14-11-22-15(20-14)9-10-18/h4-8,11-12H,9-10,18H2,1-3H3,(H,19,21). The molecule has 4 nitrogen and oxygen atoms in total. The molecule has 22 heavy (non-hydrogen) atoms. The predicted molar refractivity (Wildman–Crippen MR) is 91.3 cm³/mol. The lowest BCUT2D eigenvalue weighted by atomic mass is 9.78. The van der Waals surface area contributed by atoms with Gasteiger partial charge in [0.15, 0.2) is 0 Å². The Morgan fingerprint density at radius 3 is 2.68 bits per heavy atom. The number of nitrogens with two attached hydrogens (primary N) is 1. The monoisotopic (exact) mass is 317 g/mol. The SMILES string of the molecule is CC(NC(=O)c1csc(CCN)n1)C(C)(C)c1ccccc1. The number of hydrogen-bond acceptors (Lipinski definition) is 4. The third-order valence-corrected chi connectivity index (χ3v) is 5.00. The second-order valence-corrected chi connectivity index (χ2v) is 6.89. The van der Waals surface area contributed by atoms with E-state index >= 15 is 0 Å². The van der Waals surface area contributed by atoms with Gasteiger partial charge in [0, 0.05) is 23.3 Å². The first-order valence-corrected chi connectivity index (χ1v) is 8.34. The molecule has 1 aromatic heterocycles. The van der Waals surface area contributed by atoms with Crippen molar-refractivity contribution in [1.82, 2.24) is 10.3 Å². The molecule has 1 unspecified atom stereocenters. The summed E-state index contributed by atoms with van der Waals surface area (Å²) in [5.41, 5.74) is 7.03. The lowest BCUT2D eigenvalue weighted by Crippen LogP contribution is -2.45. The van der Waals surface area contributed by atoms with Gasteiger partial charge in [-0.3, -0.25) is 4.79 Å². The van der Waals surface area contributed by atoms with E-state index < -0.39 is 0 Å². The van der Waals surface area contributed by atoms with Crippen LogP contribution in [0.3, 0.4) is 0 Å². The first kappa shape index (κ1) is 16.6. The Labute approximate surface area is 135 Å². The molecule has 0 aliphatic carbocycles. The molecular weight excluding hydrogens is 294 g/mol. The fraction of sp³-hybridized carbons (Fsp3) is 0.412. The number of benzene rings is 1. The van der Waals surface area contributed by atoms with Crippen molar-refractivity contribution in [2.45, 2.75) is 38.6 Å². The van der Waals surface area contributed by atoms with E-state index in [0.29, 0.717) is 18.7 Å². The predicted octanol–water partition coefficient (Wildman–Crippen LogP) is 2.74. The van der Waals surface area contributed by atoms with E-state index in [2.05, 4.69) is 36.3 Å². The summed E-state index contributed by atoms with van der Waals surface area (Å²) in [5.74, 6) is -0.129. The molecular formula is C17H23N3OS. The molecule has 0 radical (unpaired) electrons. The third kappa shape index (κ3) is 3.72. The van der Waals surface area contributed by atoms with Gasteiger partial charge in [-0.05, 0) is 19.0 Å². The lowest BCUT2D eigenvalue weighted by molar-refractivity contribution is 0.0919. The van der Waals surface area contributed by atoms with Crippen molar-refractivity contribution in [3.05, 3.63) is 52.0 Å². The first-order valence-electron chi connectivity index (χ1n) is 7.46. The molecule has 0 saturated heterocycles. The minimum absolute atomic E-state index is 0.0120. The largest absolute Gasteiger partial charge is 0.347 e. The molecule has 0 bridgehead atoms. The van der Waals surface area contributed by atoms with E-state index in [0.717, 1.165) is 5.01 Å². The highest BCUT2D eigenvalue weighted by Gasteiger charge is 2.29. The van der Waals surface area contributed by atoms with Crippen LogP contribution >= 0.6 is 11.3 Å². The minimum atomic E-state index is -0.160. The van der Waals surface area contributed by atoms with E-state index in [-0.39, 0.29) is 17.4 Å². The highest BCUT2D eigenvalue weighted by atomic mass is 32.1. The Hall–Kier alpha value is -1.72. The number of nitrogens with one attached hydrogen (secondary N) is 1. The van der Waals surface area contributed by atoms with Crippen LogP contribution in [0.2, 0.25) is 0 Å². The highest BCUT2D eigenvalue weighted by molar-refractivity contribution is 7.09. The fourth-order valence-corrected chi connectivity index (χ4v) is 3.02. The van der Waals surface area contributed by atoms with Crippen molar-refractivity contribution in [3.8, 4) is 0 Å². The number of aromatic nitrogens is 1. The van der Waals surface area contributed by atoms with Gasteiger partial charge in [0.2, 0.25) is 0 Å². The lowest BCUT2D eigenvalue weighted by Gasteiger charge is -2.32. The van der Waals surface area contributed by atoms with Crippen molar-refractivity contribution < 1.29 is 4.79 Å². The summed E-state index contributed by atoms with van der Waals surface area (Å²) >= 11 is 1.48. The number of hydrogen-bond donors (Lipinski definition) is 2. The van der Waals surface area contributed by atoms with Crippen LogP contribution in [-0.4, -0.2) is 23.5 Å². The van der Waals surface area contributed by atoms with Gasteiger partial charge >= 0.3 is 0 Å². The number of rotatable bonds is 6. The van der Waals surface area contributed by atoms with Gasteiger partial charge in [-0.2, -0.15) is 0 Å². The molecule has 0 fully saturated rings. The summed E-state index contributed by atoms with van der Waals surface area (Å²) in [6.07, 6.45) is 0.711. The molecule has 2 aromatic rings. The zero-order valence-corrected chi connectivity index (χ0v) is 14.1. The van der Waals surface area contributed by atoms with Crippen LogP contribution in [0.5, 0.6) is 0 Å². The van der Waals surface area contributed by atoms with Gasteiger partial charge in [-0.15, -0.1) is 11.3 Å². The Morgan fingerprint density at radius 1 is 1.36 bits per heavy atom. The Bertz CT molecular complexity index is 622. The second-order valence-electron chi connectivity index (χ2n) is 5.95. The number of thiazole rings is 1. The van der Waals surface area contributed by atoms with E-state index in [4.69, 9.17) is 5.73 Å². The maximum absolute atomic E-state index is 12.4. The Kier molecular flexibility index (Phi) is 5.32. The van der Waals surface area contributed by atoms with Gasteiger partial charge in [0.05, 0.1) is 5.01 Å². The summed E-state index contributed by atoms with van der Waals surface area (Å²) in [4.78, 5) is 16.7. The molecule has 0 saturated carbocycles. The van der Waals surface area contributed by atoms with Gasteiger partial charge < -0.3 is 11.1 Å². The highest BCUT2D eigenvalue weighted by Crippen LogP contribution is 2.27. The topological polar surface area (TPSA) is 68.0 Å². The molecule has 0 spiro atoms. The van der Waals surface area contributed by atoms with Crippen molar-refractivity contribution in [2.75, 3.05) is 6.54 Å². The summed E-state index contributed by atoms with van der Waals surface area (Å²) < 4.78 is 0. The van der Waals surface area contributed by atoms with Gasteiger partial charge in [0.1, 0.15) is 5.69 Å². The molecule has 118 valence electrons. The van der Waals surface area contributed by atoms with Gasteiger partial charge in [-0.25, -0.2) is 4.98 Å². The van der Waals surface area contributed by atoms with Crippen LogP contribution < -0.4 is 11.1 Å². The van der Waals surface area contributed by atoms with E-state index in [1.807, 2.05) is 25.1 Å². The molecule has 1 heterocycles. The van der Waals surface area contributed by atoms with Crippen molar-refractivity contribution in [1.29, 1.82) is 0 Å². The van der Waals surface area contributed by atoms with E-state index in [9.17, 15) is 4.79 Å². The van der Waals surface area contributed by atoms with Crippen LogP contribution in [0.25, 0.3) is 0 Å². The average molecular weight is 317 g/mol. The maximum Gasteiger partial charge on any atom is 0.270 e. The van der Waals surface area contributed by atoms with Crippen molar-refractivity contribution in [2.24, 2.45) is 5.73 Å². The molecule has 2 rings (SSSR count). The van der Waals surface area contributed by atoms with Crippen LogP contribution in [-0.2, 0) is 11.8 Å². The first-order chi connectivity index (χ1) is 10.4. The van der Waals surface area contributed by atoms with Crippen LogP contribution in [0.15, 0.2) is 35.7 Å². The number of nitrogens with zero attached hydrogens (tertiary/aromatic N) is 1. The Balaban J connectivity index is 2.07. The van der Waals surface area contributed by atoms with Crippen LogP contribution in [0, 0.1) is 0 Å². The van der Waals surface area contributed by atoms with Crippen molar-refractivity contribution >= 4 is 17.2 Å². The van der Waals surface area contributed by atoms with Crippen LogP contribution in [0.4, 0.5) is 0 Å².